The molecular formula is C38H44FN3O8S. The Balaban J connectivity index is 1.89. The number of hydrogen-bond donors (Lipinski definition) is 1. The lowest BCUT2D eigenvalue weighted by molar-refractivity contribution is -0.140. The highest BCUT2D eigenvalue weighted by atomic mass is 32.2. The fourth-order valence-corrected chi connectivity index (χ4v) is 6.91. The highest BCUT2D eigenvalue weighted by Crippen LogP contribution is 2.38. The van der Waals surface area contributed by atoms with Crippen LogP contribution in [0.3, 0.4) is 0 Å². The van der Waals surface area contributed by atoms with E-state index in [1.807, 2.05) is 37.3 Å². The number of halogens is 1. The van der Waals surface area contributed by atoms with Gasteiger partial charge in [0.25, 0.3) is 10.0 Å². The standard InChI is InChI=1S/C38H44FN3O8S/c1-6-7-21-40-38(44)33(22-27-13-9-8-10-14-27)41(25-28-15-11-12-16-31(28)39)37(43)26-42(32-23-29(47-2)17-19-34(32)48-3)51(45,46)30-18-20-35(49-4)36(24-30)50-5/h8-20,23-24,33H,6-7,21-22,25-26H2,1-5H3,(H,40,44). The topological polar surface area (TPSA) is 124 Å². The van der Waals surface area contributed by atoms with Crippen molar-refractivity contribution in [2.45, 2.75) is 43.7 Å². The molecule has 0 saturated heterocycles. The lowest BCUT2D eigenvalue weighted by Crippen LogP contribution is -2.53. The summed E-state index contributed by atoms with van der Waals surface area (Å²) in [6.45, 7) is 1.25. The molecule has 0 spiro atoms. The van der Waals surface area contributed by atoms with E-state index in [1.165, 1.54) is 81.9 Å². The highest BCUT2D eigenvalue weighted by Gasteiger charge is 2.36. The van der Waals surface area contributed by atoms with Gasteiger partial charge in [-0.1, -0.05) is 61.9 Å². The van der Waals surface area contributed by atoms with E-state index in [0.29, 0.717) is 24.5 Å². The maximum absolute atomic E-state index is 15.2. The average molecular weight is 722 g/mol. The van der Waals surface area contributed by atoms with Crippen LogP contribution in [0.15, 0.2) is 95.9 Å². The van der Waals surface area contributed by atoms with Gasteiger partial charge in [0.2, 0.25) is 11.8 Å². The first-order valence-corrected chi connectivity index (χ1v) is 17.8. The van der Waals surface area contributed by atoms with E-state index in [0.717, 1.165) is 16.3 Å². The first-order chi connectivity index (χ1) is 24.6. The van der Waals surface area contributed by atoms with Gasteiger partial charge in [-0.2, -0.15) is 0 Å². The summed E-state index contributed by atoms with van der Waals surface area (Å²) in [5, 5.41) is 2.92. The molecule has 0 aliphatic rings. The molecule has 4 aromatic rings. The Morgan fingerprint density at radius 3 is 2.12 bits per heavy atom. The Kier molecular flexibility index (Phi) is 13.7. The number of anilines is 1. The number of nitrogens with zero attached hydrogens (tertiary/aromatic N) is 2. The number of carbonyl (C=O) groups is 2. The first kappa shape index (κ1) is 38.5. The average Bonchev–Trinajstić information content (AvgIpc) is 3.15. The number of methoxy groups -OCH3 is 4. The van der Waals surface area contributed by atoms with E-state index in [2.05, 4.69) is 5.32 Å². The number of amides is 2. The molecule has 13 heteroatoms. The summed E-state index contributed by atoms with van der Waals surface area (Å²) < 4.78 is 67.0. The molecule has 1 N–H and O–H groups in total. The van der Waals surface area contributed by atoms with Gasteiger partial charge in [0.15, 0.2) is 11.5 Å². The summed E-state index contributed by atoms with van der Waals surface area (Å²) in [6, 6.07) is 22.5. The predicted octanol–water partition coefficient (Wildman–Crippen LogP) is 5.61. The number of rotatable bonds is 18. The van der Waals surface area contributed by atoms with Crippen molar-refractivity contribution in [2.24, 2.45) is 0 Å². The lowest BCUT2D eigenvalue weighted by atomic mass is 10.0. The summed E-state index contributed by atoms with van der Waals surface area (Å²) in [6.07, 6.45) is 1.62. The summed E-state index contributed by atoms with van der Waals surface area (Å²) in [5.41, 5.74) is 0.903. The second kappa shape index (κ2) is 18.1. The Labute approximate surface area is 298 Å². The van der Waals surface area contributed by atoms with Crippen LogP contribution in [0.1, 0.15) is 30.9 Å². The van der Waals surface area contributed by atoms with Crippen LogP contribution in [0.25, 0.3) is 0 Å². The molecule has 4 aromatic carbocycles. The molecule has 11 nitrogen and oxygen atoms in total. The molecule has 0 radical (unpaired) electrons. The molecule has 0 aliphatic carbocycles. The zero-order chi connectivity index (χ0) is 37.0. The molecule has 1 unspecified atom stereocenters. The summed E-state index contributed by atoms with van der Waals surface area (Å²) in [4.78, 5) is 29.7. The van der Waals surface area contributed by atoms with Gasteiger partial charge in [0.05, 0.1) is 39.0 Å². The van der Waals surface area contributed by atoms with Crippen LogP contribution in [0.4, 0.5) is 10.1 Å². The minimum Gasteiger partial charge on any atom is -0.497 e. The van der Waals surface area contributed by atoms with E-state index in [9.17, 15) is 18.0 Å². The van der Waals surface area contributed by atoms with Crippen LogP contribution in [0.2, 0.25) is 0 Å². The smallest absolute Gasteiger partial charge is 0.265 e. The van der Waals surface area contributed by atoms with Crippen LogP contribution < -0.4 is 28.6 Å². The number of sulfonamides is 1. The molecule has 0 aromatic heterocycles. The van der Waals surface area contributed by atoms with Crippen molar-refractivity contribution in [3.63, 3.8) is 0 Å². The minimum atomic E-state index is -4.56. The van der Waals surface area contributed by atoms with Gasteiger partial charge in [-0.05, 0) is 42.3 Å². The fraction of sp³-hybridized carbons (Fsp3) is 0.316. The second-order valence-electron chi connectivity index (χ2n) is 11.5. The Morgan fingerprint density at radius 2 is 1.47 bits per heavy atom. The number of nitrogens with one attached hydrogen (secondary N) is 1. The van der Waals surface area contributed by atoms with Gasteiger partial charge in [-0.25, -0.2) is 12.8 Å². The van der Waals surface area contributed by atoms with E-state index in [4.69, 9.17) is 18.9 Å². The van der Waals surface area contributed by atoms with Crippen molar-refractivity contribution in [3.8, 4) is 23.0 Å². The third-order valence-electron chi connectivity index (χ3n) is 8.28. The number of benzene rings is 4. The third kappa shape index (κ3) is 9.48. The Bertz CT molecular complexity index is 1890. The molecule has 51 heavy (non-hydrogen) atoms. The number of carbonyl (C=O) groups excluding carboxylic acids is 2. The van der Waals surface area contributed by atoms with Crippen molar-refractivity contribution >= 4 is 27.5 Å². The van der Waals surface area contributed by atoms with Crippen LogP contribution in [0.5, 0.6) is 23.0 Å². The highest BCUT2D eigenvalue weighted by molar-refractivity contribution is 7.92. The van der Waals surface area contributed by atoms with Gasteiger partial charge >= 0.3 is 0 Å². The number of unbranched alkanes of at least 4 members (excludes halogenated alkanes) is 1. The molecule has 0 fully saturated rings. The van der Waals surface area contributed by atoms with Gasteiger partial charge in [0, 0.05) is 37.2 Å². The molecule has 0 heterocycles. The number of ether oxygens (including phenoxy) is 4. The summed E-state index contributed by atoms with van der Waals surface area (Å²) in [5.74, 6) is -0.923. The monoisotopic (exact) mass is 721 g/mol. The quantitative estimate of drug-likeness (QED) is 0.132. The van der Waals surface area contributed by atoms with Crippen LogP contribution in [-0.4, -0.2) is 72.7 Å². The molecule has 4 rings (SSSR count). The molecule has 0 saturated carbocycles. The maximum Gasteiger partial charge on any atom is 0.265 e. The molecule has 2 amide bonds. The third-order valence-corrected chi connectivity index (χ3v) is 10.0. The zero-order valence-electron chi connectivity index (χ0n) is 29.4. The van der Waals surface area contributed by atoms with Crippen molar-refractivity contribution in [2.75, 3.05) is 45.8 Å². The van der Waals surface area contributed by atoms with E-state index in [-0.39, 0.29) is 40.6 Å². The Hall–Kier alpha value is -5.30. The second-order valence-corrected chi connectivity index (χ2v) is 13.4. The van der Waals surface area contributed by atoms with Gasteiger partial charge in [0.1, 0.15) is 29.9 Å². The van der Waals surface area contributed by atoms with E-state index in [1.54, 1.807) is 12.1 Å². The molecule has 0 aliphatic heterocycles. The first-order valence-electron chi connectivity index (χ1n) is 16.4. The van der Waals surface area contributed by atoms with Crippen LogP contribution >= 0.6 is 0 Å². The predicted molar refractivity (Wildman–Crippen MR) is 192 cm³/mol. The van der Waals surface area contributed by atoms with Gasteiger partial charge in [-0.15, -0.1) is 0 Å². The molecule has 1 atom stereocenters. The Morgan fingerprint density at radius 1 is 0.804 bits per heavy atom. The van der Waals surface area contributed by atoms with Crippen molar-refractivity contribution in [1.82, 2.24) is 10.2 Å². The summed E-state index contributed by atoms with van der Waals surface area (Å²) in [7, 11) is 1.03. The zero-order valence-corrected chi connectivity index (χ0v) is 30.2. The van der Waals surface area contributed by atoms with Gasteiger partial charge in [-0.3, -0.25) is 13.9 Å². The molecular weight excluding hydrogens is 677 g/mol. The minimum absolute atomic E-state index is 0.00201. The van der Waals surface area contributed by atoms with E-state index < -0.39 is 40.2 Å². The van der Waals surface area contributed by atoms with Crippen molar-refractivity contribution < 1.29 is 41.3 Å². The fourth-order valence-electron chi connectivity index (χ4n) is 5.48. The maximum atomic E-state index is 15.2. The van der Waals surface area contributed by atoms with Crippen LogP contribution in [0, 0.1) is 5.82 Å². The van der Waals surface area contributed by atoms with Crippen LogP contribution in [-0.2, 0) is 32.6 Å². The number of hydrogen-bond acceptors (Lipinski definition) is 8. The van der Waals surface area contributed by atoms with Crippen molar-refractivity contribution in [3.05, 3.63) is 108 Å². The summed E-state index contributed by atoms with van der Waals surface area (Å²) >= 11 is 0. The van der Waals surface area contributed by atoms with Crippen molar-refractivity contribution in [1.29, 1.82) is 0 Å². The van der Waals surface area contributed by atoms with E-state index >= 15 is 4.39 Å². The molecule has 272 valence electrons. The normalized spacial score (nSPS) is 11.6. The lowest BCUT2D eigenvalue weighted by Gasteiger charge is -2.34. The SMILES string of the molecule is CCCCNC(=O)C(Cc1ccccc1)N(Cc1ccccc1F)C(=O)CN(c1cc(OC)ccc1OC)S(=O)(=O)c1ccc(OC)c(OC)c1. The largest absolute Gasteiger partial charge is 0.497 e. The van der Waals surface area contributed by atoms with Gasteiger partial charge < -0.3 is 29.2 Å². The molecule has 0 bridgehead atoms.